The zero-order chi connectivity index (χ0) is 19.6. The molecular weight excluding hydrogens is 415 g/mol. The normalized spacial score (nSPS) is 18.1. The van der Waals surface area contributed by atoms with Crippen molar-refractivity contribution in [2.45, 2.75) is 10.3 Å². The molecule has 0 saturated carbocycles. The zero-order valence-electron chi connectivity index (χ0n) is 14.5. The van der Waals surface area contributed by atoms with Gasteiger partial charge >= 0.3 is 0 Å². The molecule has 146 valence electrons. The van der Waals surface area contributed by atoms with Gasteiger partial charge in [0.25, 0.3) is 10.0 Å². The molecule has 6 nitrogen and oxygen atoms in total. The second-order valence-corrected chi connectivity index (χ2v) is 10.1. The summed E-state index contributed by atoms with van der Waals surface area (Å²) >= 11 is 6.75. The molecular formula is C17H18ClFN2O4S2. The standard InChI is InChI=1S/C17H18ClFN2O4S2/c1-20(27(23,24)17-7-6-15(18)26-17)11-16(22)21-8-9-25-14(10-21)12-2-4-13(19)5-3-12/h2-7,14H,8-11H2,1H3. The van der Waals surface area contributed by atoms with E-state index in [-0.39, 0.29) is 35.1 Å². The number of benzene rings is 1. The van der Waals surface area contributed by atoms with Gasteiger partial charge in [-0.15, -0.1) is 11.3 Å². The minimum absolute atomic E-state index is 0.0916. The fraction of sp³-hybridized carbons (Fsp3) is 0.353. The second-order valence-electron chi connectivity index (χ2n) is 6.07. The average Bonchev–Trinajstić information content (AvgIpc) is 3.09. The predicted molar refractivity (Wildman–Crippen MR) is 101 cm³/mol. The molecule has 2 aromatic rings. The van der Waals surface area contributed by atoms with Crippen LogP contribution in [-0.2, 0) is 19.6 Å². The smallest absolute Gasteiger partial charge is 0.252 e. The fourth-order valence-corrected chi connectivity index (χ4v) is 5.53. The molecule has 1 amide bonds. The molecule has 1 aromatic carbocycles. The van der Waals surface area contributed by atoms with Crippen LogP contribution in [0.4, 0.5) is 4.39 Å². The van der Waals surface area contributed by atoms with E-state index in [0.717, 1.165) is 21.2 Å². The monoisotopic (exact) mass is 432 g/mol. The second kappa shape index (κ2) is 8.24. The van der Waals surface area contributed by atoms with Crippen LogP contribution in [0.3, 0.4) is 0 Å². The fourth-order valence-electron chi connectivity index (χ4n) is 2.72. The number of halogens is 2. The van der Waals surface area contributed by atoms with E-state index in [1.54, 1.807) is 17.0 Å². The van der Waals surface area contributed by atoms with Crippen molar-refractivity contribution in [3.8, 4) is 0 Å². The van der Waals surface area contributed by atoms with Gasteiger partial charge in [-0.3, -0.25) is 4.79 Å². The van der Waals surface area contributed by atoms with Crippen LogP contribution in [0.5, 0.6) is 0 Å². The molecule has 1 unspecified atom stereocenters. The van der Waals surface area contributed by atoms with E-state index in [1.807, 2.05) is 0 Å². The maximum atomic E-state index is 13.1. The van der Waals surface area contributed by atoms with Crippen LogP contribution in [0.25, 0.3) is 0 Å². The molecule has 1 aliphatic heterocycles. The number of hydrogen-bond donors (Lipinski definition) is 0. The summed E-state index contributed by atoms with van der Waals surface area (Å²) in [6, 6.07) is 8.83. The van der Waals surface area contributed by atoms with E-state index in [0.29, 0.717) is 17.5 Å². The molecule has 1 aliphatic rings. The number of sulfonamides is 1. The number of likely N-dealkylation sites (N-methyl/N-ethyl adjacent to an activating group) is 1. The summed E-state index contributed by atoms with van der Waals surface area (Å²) in [7, 11) is -2.42. The van der Waals surface area contributed by atoms with Gasteiger partial charge in [0.15, 0.2) is 0 Å². The molecule has 2 heterocycles. The van der Waals surface area contributed by atoms with Gasteiger partial charge in [0.05, 0.1) is 24.0 Å². The quantitative estimate of drug-likeness (QED) is 0.728. The number of morpholine rings is 1. The van der Waals surface area contributed by atoms with Crippen molar-refractivity contribution in [3.05, 3.63) is 52.1 Å². The number of carbonyl (C=O) groups excluding carboxylic acids is 1. The van der Waals surface area contributed by atoms with Gasteiger partial charge in [-0.1, -0.05) is 23.7 Å². The number of hydrogen-bond acceptors (Lipinski definition) is 5. The number of amides is 1. The molecule has 1 aromatic heterocycles. The summed E-state index contributed by atoms with van der Waals surface area (Å²) in [5, 5.41) is 0. The highest BCUT2D eigenvalue weighted by Gasteiger charge is 2.30. The van der Waals surface area contributed by atoms with Crippen molar-refractivity contribution in [1.82, 2.24) is 9.21 Å². The number of nitrogens with zero attached hydrogens (tertiary/aromatic N) is 2. The topological polar surface area (TPSA) is 66.9 Å². The largest absolute Gasteiger partial charge is 0.370 e. The molecule has 0 aliphatic carbocycles. The molecule has 1 saturated heterocycles. The number of carbonyl (C=O) groups is 1. The SMILES string of the molecule is CN(CC(=O)N1CCOC(c2ccc(F)cc2)C1)S(=O)(=O)c1ccc(Cl)s1. The Morgan fingerprint density at radius 2 is 2.04 bits per heavy atom. The Morgan fingerprint density at radius 3 is 2.67 bits per heavy atom. The van der Waals surface area contributed by atoms with Crippen LogP contribution < -0.4 is 0 Å². The first kappa shape index (κ1) is 20.2. The van der Waals surface area contributed by atoms with Crippen LogP contribution >= 0.6 is 22.9 Å². The van der Waals surface area contributed by atoms with Crippen molar-refractivity contribution in [3.63, 3.8) is 0 Å². The summed E-state index contributed by atoms with van der Waals surface area (Å²) in [5.74, 6) is -0.665. The molecule has 1 fully saturated rings. The lowest BCUT2D eigenvalue weighted by Gasteiger charge is -2.34. The Morgan fingerprint density at radius 1 is 1.33 bits per heavy atom. The lowest BCUT2D eigenvalue weighted by atomic mass is 10.1. The molecule has 0 N–H and O–H groups in total. The molecule has 10 heteroatoms. The highest BCUT2D eigenvalue weighted by Crippen LogP contribution is 2.28. The number of ether oxygens (including phenoxy) is 1. The minimum atomic E-state index is -3.78. The van der Waals surface area contributed by atoms with Gasteiger partial charge in [0, 0.05) is 13.6 Å². The van der Waals surface area contributed by atoms with Crippen LogP contribution in [0.1, 0.15) is 11.7 Å². The predicted octanol–water partition coefficient (Wildman–Crippen LogP) is 2.76. The molecule has 0 bridgehead atoms. The van der Waals surface area contributed by atoms with E-state index >= 15 is 0 Å². The first-order valence-electron chi connectivity index (χ1n) is 8.14. The van der Waals surface area contributed by atoms with Gasteiger partial charge in [0.2, 0.25) is 5.91 Å². The van der Waals surface area contributed by atoms with Gasteiger partial charge in [-0.25, -0.2) is 12.8 Å². The van der Waals surface area contributed by atoms with E-state index in [1.165, 1.54) is 31.3 Å². The Hall–Kier alpha value is -1.52. The van der Waals surface area contributed by atoms with E-state index < -0.39 is 10.0 Å². The van der Waals surface area contributed by atoms with Gasteiger partial charge < -0.3 is 9.64 Å². The zero-order valence-corrected chi connectivity index (χ0v) is 16.9. The summed E-state index contributed by atoms with van der Waals surface area (Å²) in [4.78, 5) is 14.2. The minimum Gasteiger partial charge on any atom is -0.370 e. The molecule has 0 spiro atoms. The summed E-state index contributed by atoms with van der Waals surface area (Å²) in [5.41, 5.74) is 0.767. The summed E-state index contributed by atoms with van der Waals surface area (Å²) in [6.45, 7) is 0.692. The number of rotatable bonds is 5. The highest BCUT2D eigenvalue weighted by atomic mass is 35.5. The van der Waals surface area contributed by atoms with Crippen LogP contribution in [0.2, 0.25) is 4.34 Å². The highest BCUT2D eigenvalue weighted by molar-refractivity contribution is 7.91. The third-order valence-electron chi connectivity index (χ3n) is 4.23. The summed E-state index contributed by atoms with van der Waals surface area (Å²) in [6.07, 6.45) is -0.374. The van der Waals surface area contributed by atoms with E-state index in [2.05, 4.69) is 0 Å². The molecule has 27 heavy (non-hydrogen) atoms. The lowest BCUT2D eigenvalue weighted by molar-refractivity contribution is -0.139. The van der Waals surface area contributed by atoms with Gasteiger partial charge in [-0.2, -0.15) is 4.31 Å². The average molecular weight is 433 g/mol. The van der Waals surface area contributed by atoms with Crippen molar-refractivity contribution in [2.75, 3.05) is 33.3 Å². The van der Waals surface area contributed by atoms with Crippen molar-refractivity contribution in [1.29, 1.82) is 0 Å². The number of thiophene rings is 1. The van der Waals surface area contributed by atoms with Crippen LogP contribution in [0, 0.1) is 5.82 Å². The van der Waals surface area contributed by atoms with E-state index in [4.69, 9.17) is 16.3 Å². The Balaban J connectivity index is 1.65. The van der Waals surface area contributed by atoms with Gasteiger partial charge in [0.1, 0.15) is 16.1 Å². The Kier molecular flexibility index (Phi) is 6.17. The molecule has 0 radical (unpaired) electrons. The first-order chi connectivity index (χ1) is 12.8. The van der Waals surface area contributed by atoms with E-state index in [9.17, 15) is 17.6 Å². The lowest BCUT2D eigenvalue weighted by Crippen LogP contribution is -2.46. The Labute approximate surface area is 166 Å². The Bertz CT molecular complexity index is 917. The third-order valence-corrected chi connectivity index (χ3v) is 7.73. The molecule has 1 atom stereocenters. The van der Waals surface area contributed by atoms with Crippen molar-refractivity contribution < 1.29 is 22.3 Å². The third kappa shape index (κ3) is 4.67. The van der Waals surface area contributed by atoms with Crippen LogP contribution in [0.15, 0.2) is 40.6 Å². The van der Waals surface area contributed by atoms with Crippen LogP contribution in [-0.4, -0.2) is 56.8 Å². The van der Waals surface area contributed by atoms with Crippen molar-refractivity contribution in [2.24, 2.45) is 0 Å². The molecule has 3 rings (SSSR count). The maximum absolute atomic E-state index is 13.1. The van der Waals surface area contributed by atoms with Crippen molar-refractivity contribution >= 4 is 38.9 Å². The first-order valence-corrected chi connectivity index (χ1v) is 10.8. The maximum Gasteiger partial charge on any atom is 0.252 e. The summed E-state index contributed by atoms with van der Waals surface area (Å²) < 4.78 is 45.3. The van der Waals surface area contributed by atoms with Gasteiger partial charge in [-0.05, 0) is 29.8 Å².